The molecule has 0 aliphatic heterocycles. The lowest BCUT2D eigenvalue weighted by molar-refractivity contribution is 0.354. The molecule has 0 atom stereocenters. The van der Waals surface area contributed by atoms with E-state index in [2.05, 4.69) is 19.2 Å². The van der Waals surface area contributed by atoms with E-state index in [0.717, 1.165) is 5.57 Å². The predicted octanol–water partition coefficient (Wildman–Crippen LogP) is 4.51. The standard InChI is InChI=1S/C10H9Cl3OS/c1-6(5-15)4-14-10-8(12)2-7(11)3-9(10)13/h2-3,15H,1,4-5H2. The lowest BCUT2D eigenvalue weighted by atomic mass is 10.3. The molecule has 0 heterocycles. The van der Waals surface area contributed by atoms with Gasteiger partial charge in [-0.2, -0.15) is 12.6 Å². The minimum atomic E-state index is 0.338. The van der Waals surface area contributed by atoms with E-state index >= 15 is 0 Å². The Bertz CT molecular complexity index is 356. The van der Waals surface area contributed by atoms with Crippen molar-refractivity contribution in [1.29, 1.82) is 0 Å². The summed E-state index contributed by atoms with van der Waals surface area (Å²) in [5, 5.41) is 1.25. The highest BCUT2D eigenvalue weighted by atomic mass is 35.5. The van der Waals surface area contributed by atoms with Crippen molar-refractivity contribution >= 4 is 47.4 Å². The fraction of sp³-hybridized carbons (Fsp3) is 0.200. The molecule has 1 aromatic rings. The van der Waals surface area contributed by atoms with Crippen LogP contribution < -0.4 is 4.74 Å². The van der Waals surface area contributed by atoms with Crippen LogP contribution >= 0.6 is 47.4 Å². The van der Waals surface area contributed by atoms with Crippen LogP contribution in [0.4, 0.5) is 0 Å². The van der Waals surface area contributed by atoms with Gasteiger partial charge in [0.05, 0.1) is 10.0 Å². The molecule has 0 aromatic heterocycles. The van der Waals surface area contributed by atoms with E-state index < -0.39 is 0 Å². The molecule has 0 unspecified atom stereocenters. The third-order valence-electron chi connectivity index (χ3n) is 1.61. The maximum atomic E-state index is 5.92. The fourth-order valence-electron chi connectivity index (χ4n) is 0.887. The number of halogens is 3. The van der Waals surface area contributed by atoms with Crippen LogP contribution in [0.15, 0.2) is 24.3 Å². The molecule has 0 N–H and O–H groups in total. The summed E-state index contributed by atoms with van der Waals surface area (Å²) in [5.74, 6) is 0.980. The summed E-state index contributed by atoms with van der Waals surface area (Å²) in [6.07, 6.45) is 0. The Kier molecular flexibility index (Phi) is 5.13. The Balaban J connectivity index is 2.81. The van der Waals surface area contributed by atoms with Gasteiger partial charge in [0.25, 0.3) is 0 Å². The van der Waals surface area contributed by atoms with E-state index in [0.29, 0.717) is 33.2 Å². The molecule has 5 heteroatoms. The van der Waals surface area contributed by atoms with E-state index in [1.165, 1.54) is 0 Å². The SMILES string of the molecule is C=C(CS)COc1c(Cl)cc(Cl)cc1Cl. The lowest BCUT2D eigenvalue weighted by Crippen LogP contribution is -2.02. The zero-order chi connectivity index (χ0) is 11.4. The summed E-state index contributed by atoms with van der Waals surface area (Å²) in [4.78, 5) is 0. The third-order valence-corrected chi connectivity index (χ3v) is 2.83. The second kappa shape index (κ2) is 5.90. The molecule has 0 aliphatic rings. The van der Waals surface area contributed by atoms with Gasteiger partial charge in [-0.05, 0) is 17.7 Å². The molecule has 0 aliphatic carbocycles. The van der Waals surface area contributed by atoms with Gasteiger partial charge in [-0.1, -0.05) is 41.4 Å². The van der Waals surface area contributed by atoms with Crippen LogP contribution in [0.2, 0.25) is 15.1 Å². The van der Waals surface area contributed by atoms with Crippen LogP contribution in [0.3, 0.4) is 0 Å². The molecule has 15 heavy (non-hydrogen) atoms. The highest BCUT2D eigenvalue weighted by Crippen LogP contribution is 2.35. The first-order chi connectivity index (χ1) is 7.04. The average molecular weight is 284 g/mol. The van der Waals surface area contributed by atoms with Crippen LogP contribution in [0, 0.1) is 0 Å². The largest absolute Gasteiger partial charge is 0.486 e. The van der Waals surface area contributed by atoms with Crippen molar-refractivity contribution in [1.82, 2.24) is 0 Å². The zero-order valence-electron chi connectivity index (χ0n) is 7.77. The minimum Gasteiger partial charge on any atom is -0.486 e. The van der Waals surface area contributed by atoms with Gasteiger partial charge in [0, 0.05) is 10.8 Å². The smallest absolute Gasteiger partial charge is 0.157 e. The van der Waals surface area contributed by atoms with E-state index in [1.807, 2.05) is 0 Å². The van der Waals surface area contributed by atoms with Crippen molar-refractivity contribution in [3.8, 4) is 5.75 Å². The molecule has 1 nitrogen and oxygen atoms in total. The number of benzene rings is 1. The van der Waals surface area contributed by atoms with E-state index in [-0.39, 0.29) is 0 Å². The quantitative estimate of drug-likeness (QED) is 0.632. The molecule has 1 rings (SSSR count). The molecule has 0 saturated carbocycles. The van der Waals surface area contributed by atoms with Crippen LogP contribution in [0.25, 0.3) is 0 Å². The highest BCUT2D eigenvalue weighted by Gasteiger charge is 2.09. The number of ether oxygens (including phenoxy) is 1. The van der Waals surface area contributed by atoms with Crippen molar-refractivity contribution in [2.45, 2.75) is 0 Å². The number of hydrogen-bond acceptors (Lipinski definition) is 2. The van der Waals surface area contributed by atoms with Crippen molar-refractivity contribution in [3.63, 3.8) is 0 Å². The minimum absolute atomic E-state index is 0.338. The summed E-state index contributed by atoms with van der Waals surface area (Å²) in [6.45, 7) is 4.09. The number of thiol groups is 1. The predicted molar refractivity (Wildman–Crippen MR) is 70.0 cm³/mol. The van der Waals surface area contributed by atoms with Crippen molar-refractivity contribution < 1.29 is 4.74 Å². The van der Waals surface area contributed by atoms with Crippen LogP contribution in [0.1, 0.15) is 0 Å². The molecule has 0 spiro atoms. The van der Waals surface area contributed by atoms with Gasteiger partial charge in [-0.15, -0.1) is 0 Å². The molecule has 0 radical (unpaired) electrons. The lowest BCUT2D eigenvalue weighted by Gasteiger charge is -2.10. The van der Waals surface area contributed by atoms with Gasteiger partial charge in [-0.3, -0.25) is 0 Å². The number of rotatable bonds is 4. The monoisotopic (exact) mass is 282 g/mol. The molecule has 1 aromatic carbocycles. The summed E-state index contributed by atoms with van der Waals surface area (Å²) in [7, 11) is 0. The molecule has 0 fully saturated rings. The van der Waals surface area contributed by atoms with Gasteiger partial charge >= 0.3 is 0 Å². The second-order valence-corrected chi connectivity index (χ2v) is 4.46. The summed E-state index contributed by atoms with van der Waals surface area (Å²) >= 11 is 21.7. The van der Waals surface area contributed by atoms with Crippen LogP contribution in [0.5, 0.6) is 5.75 Å². The molecule has 82 valence electrons. The fourth-order valence-corrected chi connectivity index (χ4v) is 1.90. The van der Waals surface area contributed by atoms with E-state index in [4.69, 9.17) is 39.5 Å². The first-order valence-corrected chi connectivity index (χ1v) is 5.86. The third kappa shape index (κ3) is 3.80. The Hall–Kier alpha value is -0.0200. The average Bonchev–Trinajstić information content (AvgIpc) is 2.15. The number of hydrogen-bond donors (Lipinski definition) is 1. The van der Waals surface area contributed by atoms with Gasteiger partial charge in [0.15, 0.2) is 5.75 Å². The van der Waals surface area contributed by atoms with Gasteiger partial charge in [0.2, 0.25) is 0 Å². The summed E-state index contributed by atoms with van der Waals surface area (Å²) in [6, 6.07) is 3.15. The van der Waals surface area contributed by atoms with E-state index in [9.17, 15) is 0 Å². The second-order valence-electron chi connectivity index (χ2n) is 2.90. The van der Waals surface area contributed by atoms with Crippen molar-refractivity contribution in [2.75, 3.05) is 12.4 Å². The molecular formula is C10H9Cl3OS. The van der Waals surface area contributed by atoms with Crippen molar-refractivity contribution in [2.24, 2.45) is 0 Å². The Morgan fingerprint density at radius 3 is 2.27 bits per heavy atom. The molecule has 0 saturated heterocycles. The van der Waals surface area contributed by atoms with Crippen LogP contribution in [-0.4, -0.2) is 12.4 Å². The maximum Gasteiger partial charge on any atom is 0.157 e. The molecule has 0 bridgehead atoms. The van der Waals surface area contributed by atoms with Gasteiger partial charge < -0.3 is 4.74 Å². The van der Waals surface area contributed by atoms with Gasteiger partial charge in [0.1, 0.15) is 6.61 Å². The van der Waals surface area contributed by atoms with Crippen molar-refractivity contribution in [3.05, 3.63) is 39.4 Å². The Morgan fingerprint density at radius 1 is 1.27 bits per heavy atom. The Labute approximate surface area is 109 Å². The summed E-state index contributed by atoms with van der Waals surface area (Å²) in [5.41, 5.74) is 0.848. The first-order valence-electron chi connectivity index (χ1n) is 4.09. The van der Waals surface area contributed by atoms with Gasteiger partial charge in [-0.25, -0.2) is 0 Å². The zero-order valence-corrected chi connectivity index (χ0v) is 10.9. The molecular weight excluding hydrogens is 275 g/mol. The van der Waals surface area contributed by atoms with Crippen LogP contribution in [-0.2, 0) is 0 Å². The first kappa shape index (κ1) is 13.0. The van der Waals surface area contributed by atoms with E-state index in [1.54, 1.807) is 12.1 Å². The normalized spacial score (nSPS) is 10.1. The topological polar surface area (TPSA) is 9.23 Å². The Morgan fingerprint density at radius 2 is 1.80 bits per heavy atom. The highest BCUT2D eigenvalue weighted by molar-refractivity contribution is 7.80. The maximum absolute atomic E-state index is 5.92. The summed E-state index contributed by atoms with van der Waals surface area (Å²) < 4.78 is 5.40. The molecule has 0 amide bonds.